The lowest BCUT2D eigenvalue weighted by atomic mass is 10.1. The maximum absolute atomic E-state index is 12.0. The van der Waals surface area contributed by atoms with E-state index in [1.807, 2.05) is 0 Å². The quantitative estimate of drug-likeness (QED) is 0.764. The minimum Gasteiger partial charge on any atom is -0.435 e. The van der Waals surface area contributed by atoms with Crippen LogP contribution in [0, 0.1) is 0 Å². The van der Waals surface area contributed by atoms with Crippen molar-refractivity contribution in [1.29, 1.82) is 0 Å². The summed E-state index contributed by atoms with van der Waals surface area (Å²) in [6.45, 7) is 1.79. The molecule has 1 unspecified atom stereocenters. The van der Waals surface area contributed by atoms with Gasteiger partial charge in [-0.05, 0) is 30.5 Å². The molecular formula is C14H21F2NO2. The molecule has 0 aliphatic heterocycles. The summed E-state index contributed by atoms with van der Waals surface area (Å²) in [5.74, 6) is 0.0962. The average molecular weight is 273 g/mol. The number of alkyl halides is 2. The first kappa shape index (κ1) is 15.9. The second-order valence-electron chi connectivity index (χ2n) is 4.39. The molecule has 108 valence electrons. The van der Waals surface area contributed by atoms with Crippen molar-refractivity contribution in [1.82, 2.24) is 5.32 Å². The van der Waals surface area contributed by atoms with Crippen LogP contribution in [0.2, 0.25) is 0 Å². The summed E-state index contributed by atoms with van der Waals surface area (Å²) in [7, 11) is 0. The Bertz CT molecular complexity index is 353. The van der Waals surface area contributed by atoms with Crippen LogP contribution in [0.25, 0.3) is 0 Å². The van der Waals surface area contributed by atoms with Gasteiger partial charge in [-0.1, -0.05) is 26.0 Å². The Labute approximate surface area is 112 Å². The van der Waals surface area contributed by atoms with E-state index < -0.39 is 12.7 Å². The maximum Gasteiger partial charge on any atom is 0.387 e. The van der Waals surface area contributed by atoms with Crippen LogP contribution in [0.3, 0.4) is 0 Å². The van der Waals surface area contributed by atoms with Crippen molar-refractivity contribution in [3.8, 4) is 5.75 Å². The van der Waals surface area contributed by atoms with Crippen LogP contribution in [0.5, 0.6) is 5.75 Å². The Morgan fingerprint density at radius 1 is 1.16 bits per heavy atom. The van der Waals surface area contributed by atoms with E-state index in [0.29, 0.717) is 18.2 Å². The monoisotopic (exact) mass is 273 g/mol. The molecule has 0 aliphatic carbocycles. The number of rotatable bonds is 8. The summed E-state index contributed by atoms with van der Waals surface area (Å²) < 4.78 is 28.2. The fraction of sp³-hybridized carbons (Fsp3) is 0.571. The molecule has 19 heavy (non-hydrogen) atoms. The van der Waals surface area contributed by atoms with Gasteiger partial charge in [0.05, 0.1) is 6.10 Å². The lowest BCUT2D eigenvalue weighted by molar-refractivity contribution is -0.0498. The number of halogens is 2. The third-order valence-electron chi connectivity index (χ3n) is 3.08. The zero-order chi connectivity index (χ0) is 14.3. The standard InChI is InChI=1S/C14H21F2NO2/c1-3-11(4-2)17-9-13(18)10-5-7-12(8-6-10)19-14(15)16/h5-8,11,13-14,17-18H,3-4,9H2,1-2H3. The van der Waals surface area contributed by atoms with Gasteiger partial charge in [0, 0.05) is 12.6 Å². The zero-order valence-corrected chi connectivity index (χ0v) is 11.3. The van der Waals surface area contributed by atoms with Crippen molar-refractivity contribution in [3.63, 3.8) is 0 Å². The summed E-state index contributed by atoms with van der Waals surface area (Å²) in [5, 5.41) is 13.2. The molecule has 0 fully saturated rings. The molecule has 0 radical (unpaired) electrons. The van der Waals surface area contributed by atoms with E-state index in [1.54, 1.807) is 12.1 Å². The van der Waals surface area contributed by atoms with Crippen molar-refractivity contribution in [2.45, 2.75) is 45.4 Å². The fourth-order valence-corrected chi connectivity index (χ4v) is 1.84. The first-order valence-electron chi connectivity index (χ1n) is 6.53. The maximum atomic E-state index is 12.0. The lowest BCUT2D eigenvalue weighted by Crippen LogP contribution is -2.31. The van der Waals surface area contributed by atoms with Crippen molar-refractivity contribution in [3.05, 3.63) is 29.8 Å². The van der Waals surface area contributed by atoms with E-state index in [2.05, 4.69) is 23.9 Å². The number of ether oxygens (including phenoxy) is 1. The molecule has 0 aromatic heterocycles. The van der Waals surface area contributed by atoms with E-state index >= 15 is 0 Å². The van der Waals surface area contributed by atoms with E-state index in [0.717, 1.165) is 12.8 Å². The molecule has 0 amide bonds. The highest BCUT2D eigenvalue weighted by molar-refractivity contribution is 5.28. The molecule has 1 rings (SSSR count). The van der Waals surface area contributed by atoms with Crippen molar-refractivity contribution < 1.29 is 18.6 Å². The van der Waals surface area contributed by atoms with Gasteiger partial charge < -0.3 is 15.2 Å². The molecule has 3 nitrogen and oxygen atoms in total. The number of hydrogen-bond donors (Lipinski definition) is 2. The minimum absolute atomic E-state index is 0.0962. The van der Waals surface area contributed by atoms with Crippen molar-refractivity contribution in [2.75, 3.05) is 6.54 Å². The molecule has 0 bridgehead atoms. The molecule has 5 heteroatoms. The molecule has 1 atom stereocenters. The molecule has 1 aromatic carbocycles. The smallest absolute Gasteiger partial charge is 0.387 e. The van der Waals surface area contributed by atoms with Gasteiger partial charge >= 0.3 is 6.61 Å². The SMILES string of the molecule is CCC(CC)NCC(O)c1ccc(OC(F)F)cc1. The molecule has 0 saturated heterocycles. The van der Waals surface area contributed by atoms with E-state index in [9.17, 15) is 13.9 Å². The van der Waals surface area contributed by atoms with Crippen LogP contribution in [-0.4, -0.2) is 24.3 Å². The Balaban J connectivity index is 2.50. The normalized spacial score (nSPS) is 13.0. The van der Waals surface area contributed by atoms with Crippen LogP contribution < -0.4 is 10.1 Å². The average Bonchev–Trinajstić information content (AvgIpc) is 2.39. The van der Waals surface area contributed by atoms with Gasteiger partial charge in [-0.2, -0.15) is 8.78 Å². The van der Waals surface area contributed by atoms with Gasteiger partial charge in [0.1, 0.15) is 5.75 Å². The Morgan fingerprint density at radius 2 is 1.74 bits per heavy atom. The van der Waals surface area contributed by atoms with E-state index in [4.69, 9.17) is 0 Å². The molecule has 0 aliphatic rings. The lowest BCUT2D eigenvalue weighted by Gasteiger charge is -2.18. The van der Waals surface area contributed by atoms with E-state index in [-0.39, 0.29) is 5.75 Å². The Kier molecular flexibility index (Phi) is 6.73. The summed E-state index contributed by atoms with van der Waals surface area (Å²) in [4.78, 5) is 0. The van der Waals surface area contributed by atoms with E-state index in [1.165, 1.54) is 12.1 Å². The fourth-order valence-electron chi connectivity index (χ4n) is 1.84. The highest BCUT2D eigenvalue weighted by Gasteiger charge is 2.11. The predicted octanol–water partition coefficient (Wildman–Crippen LogP) is 3.10. The summed E-state index contributed by atoms with van der Waals surface area (Å²) in [6, 6.07) is 6.44. The number of aliphatic hydroxyl groups is 1. The Hall–Kier alpha value is -1.20. The second-order valence-corrected chi connectivity index (χ2v) is 4.39. The van der Waals surface area contributed by atoms with Crippen molar-refractivity contribution in [2.24, 2.45) is 0 Å². The molecule has 0 saturated carbocycles. The summed E-state index contributed by atoms with van der Waals surface area (Å²) in [6.07, 6.45) is 1.36. The molecule has 0 spiro atoms. The molecule has 0 heterocycles. The number of hydrogen-bond acceptors (Lipinski definition) is 3. The second kappa shape index (κ2) is 8.07. The third-order valence-corrected chi connectivity index (χ3v) is 3.08. The van der Waals surface area contributed by atoms with Gasteiger partial charge in [-0.15, -0.1) is 0 Å². The van der Waals surface area contributed by atoms with Crippen LogP contribution in [0.4, 0.5) is 8.78 Å². The van der Waals surface area contributed by atoms with Gasteiger partial charge in [0.2, 0.25) is 0 Å². The molecular weight excluding hydrogens is 252 g/mol. The molecule has 2 N–H and O–H groups in total. The minimum atomic E-state index is -2.83. The summed E-state index contributed by atoms with van der Waals surface area (Å²) in [5.41, 5.74) is 0.681. The van der Waals surface area contributed by atoms with Gasteiger partial charge in [0.15, 0.2) is 0 Å². The Morgan fingerprint density at radius 3 is 2.21 bits per heavy atom. The topological polar surface area (TPSA) is 41.5 Å². The van der Waals surface area contributed by atoms with Crippen LogP contribution in [-0.2, 0) is 0 Å². The number of aliphatic hydroxyl groups excluding tert-OH is 1. The van der Waals surface area contributed by atoms with Crippen LogP contribution in [0.15, 0.2) is 24.3 Å². The van der Waals surface area contributed by atoms with Crippen LogP contribution >= 0.6 is 0 Å². The largest absolute Gasteiger partial charge is 0.435 e. The zero-order valence-electron chi connectivity index (χ0n) is 11.3. The summed E-state index contributed by atoms with van der Waals surface area (Å²) >= 11 is 0. The molecule has 1 aromatic rings. The van der Waals surface area contributed by atoms with Gasteiger partial charge in [-0.25, -0.2) is 0 Å². The number of nitrogens with one attached hydrogen (secondary N) is 1. The highest BCUT2D eigenvalue weighted by atomic mass is 19.3. The first-order chi connectivity index (χ1) is 9.06. The highest BCUT2D eigenvalue weighted by Crippen LogP contribution is 2.19. The van der Waals surface area contributed by atoms with Crippen LogP contribution in [0.1, 0.15) is 38.4 Å². The predicted molar refractivity (Wildman–Crippen MR) is 70.4 cm³/mol. The van der Waals surface area contributed by atoms with Gasteiger partial charge in [0.25, 0.3) is 0 Å². The third kappa shape index (κ3) is 5.53. The number of benzene rings is 1. The van der Waals surface area contributed by atoms with Crippen molar-refractivity contribution >= 4 is 0 Å². The first-order valence-corrected chi connectivity index (χ1v) is 6.53. The van der Waals surface area contributed by atoms with Gasteiger partial charge in [-0.3, -0.25) is 0 Å².